The molecule has 19 heavy (non-hydrogen) atoms. The summed E-state index contributed by atoms with van der Waals surface area (Å²) in [6.45, 7) is 6.10. The van der Waals surface area contributed by atoms with Crippen LogP contribution in [0.5, 0.6) is 0 Å². The molecule has 0 aliphatic heterocycles. The van der Waals surface area contributed by atoms with E-state index in [9.17, 15) is 4.79 Å². The first-order valence-electron chi connectivity index (χ1n) is 6.13. The van der Waals surface area contributed by atoms with Crippen LogP contribution < -0.4 is 5.32 Å². The summed E-state index contributed by atoms with van der Waals surface area (Å²) in [5.41, 5.74) is 5.04. The Hall–Kier alpha value is -1.36. The Morgan fingerprint density at radius 3 is 2.47 bits per heavy atom. The standard InChI is InChI=1S/C16H16INO/c1-10-5-4-6-15(12(10)3)18-16(19)13-8-7-11(2)14(17)9-13/h4-9H,1-3H3,(H,18,19). The largest absolute Gasteiger partial charge is 0.322 e. The fourth-order valence-corrected chi connectivity index (χ4v) is 2.33. The van der Waals surface area contributed by atoms with Gasteiger partial charge >= 0.3 is 0 Å². The third kappa shape index (κ3) is 3.15. The van der Waals surface area contributed by atoms with Crippen molar-refractivity contribution >= 4 is 34.2 Å². The minimum absolute atomic E-state index is 0.0633. The van der Waals surface area contributed by atoms with Gasteiger partial charge in [-0.1, -0.05) is 18.2 Å². The topological polar surface area (TPSA) is 29.1 Å². The van der Waals surface area contributed by atoms with Crippen LogP contribution in [0.3, 0.4) is 0 Å². The third-order valence-electron chi connectivity index (χ3n) is 3.29. The highest BCUT2D eigenvalue weighted by Gasteiger charge is 2.09. The van der Waals surface area contributed by atoms with Crippen molar-refractivity contribution in [3.63, 3.8) is 0 Å². The first-order chi connectivity index (χ1) is 8.99. The lowest BCUT2D eigenvalue weighted by Crippen LogP contribution is -2.13. The normalized spacial score (nSPS) is 10.3. The molecule has 2 nitrogen and oxygen atoms in total. The quantitative estimate of drug-likeness (QED) is 0.782. The van der Waals surface area contributed by atoms with Crippen LogP contribution in [0.15, 0.2) is 36.4 Å². The molecule has 0 aromatic heterocycles. The number of hydrogen-bond donors (Lipinski definition) is 1. The van der Waals surface area contributed by atoms with E-state index < -0.39 is 0 Å². The van der Waals surface area contributed by atoms with E-state index >= 15 is 0 Å². The molecule has 2 aromatic rings. The lowest BCUT2D eigenvalue weighted by molar-refractivity contribution is 0.102. The monoisotopic (exact) mass is 365 g/mol. The number of halogens is 1. The van der Waals surface area contributed by atoms with E-state index in [2.05, 4.69) is 27.9 Å². The Morgan fingerprint density at radius 1 is 1.05 bits per heavy atom. The summed E-state index contributed by atoms with van der Waals surface area (Å²) in [5.74, 6) is -0.0633. The van der Waals surface area contributed by atoms with Crippen molar-refractivity contribution in [3.8, 4) is 0 Å². The van der Waals surface area contributed by atoms with Crippen molar-refractivity contribution in [1.82, 2.24) is 0 Å². The highest BCUT2D eigenvalue weighted by atomic mass is 127. The molecular formula is C16H16INO. The Bertz CT molecular complexity index is 635. The molecule has 0 fully saturated rings. The van der Waals surface area contributed by atoms with Crippen LogP contribution in [0.2, 0.25) is 0 Å². The second kappa shape index (κ2) is 5.74. The Morgan fingerprint density at radius 2 is 1.79 bits per heavy atom. The predicted octanol–water partition coefficient (Wildman–Crippen LogP) is 4.47. The number of anilines is 1. The van der Waals surface area contributed by atoms with Crippen LogP contribution >= 0.6 is 22.6 Å². The summed E-state index contributed by atoms with van der Waals surface area (Å²) in [7, 11) is 0. The van der Waals surface area contributed by atoms with Gasteiger partial charge in [0.05, 0.1) is 0 Å². The summed E-state index contributed by atoms with van der Waals surface area (Å²) in [4.78, 5) is 12.2. The van der Waals surface area contributed by atoms with Crippen LogP contribution in [0.4, 0.5) is 5.69 Å². The molecule has 0 aliphatic rings. The van der Waals surface area contributed by atoms with Crippen molar-refractivity contribution in [2.45, 2.75) is 20.8 Å². The van der Waals surface area contributed by atoms with Crippen molar-refractivity contribution in [2.24, 2.45) is 0 Å². The van der Waals surface area contributed by atoms with Crippen molar-refractivity contribution in [2.75, 3.05) is 5.32 Å². The minimum atomic E-state index is -0.0633. The van der Waals surface area contributed by atoms with Gasteiger partial charge in [0.1, 0.15) is 0 Å². The molecule has 0 bridgehead atoms. The molecule has 0 aliphatic carbocycles. The zero-order valence-corrected chi connectivity index (χ0v) is 13.4. The van der Waals surface area contributed by atoms with Gasteiger partial charge in [-0.25, -0.2) is 0 Å². The average Bonchev–Trinajstić information content (AvgIpc) is 2.38. The van der Waals surface area contributed by atoms with Crippen LogP contribution in [-0.4, -0.2) is 5.91 Å². The molecule has 0 unspecified atom stereocenters. The number of amides is 1. The van der Waals surface area contributed by atoms with E-state index in [0.717, 1.165) is 14.8 Å². The molecule has 1 N–H and O–H groups in total. The van der Waals surface area contributed by atoms with E-state index in [1.54, 1.807) is 0 Å². The Balaban J connectivity index is 2.26. The summed E-state index contributed by atoms with van der Waals surface area (Å²) >= 11 is 2.25. The summed E-state index contributed by atoms with van der Waals surface area (Å²) in [5, 5.41) is 2.97. The fraction of sp³-hybridized carbons (Fsp3) is 0.188. The zero-order chi connectivity index (χ0) is 14.0. The first-order valence-corrected chi connectivity index (χ1v) is 7.20. The lowest BCUT2D eigenvalue weighted by atomic mass is 10.1. The second-order valence-electron chi connectivity index (χ2n) is 4.67. The maximum Gasteiger partial charge on any atom is 0.255 e. The number of nitrogens with one attached hydrogen (secondary N) is 1. The van der Waals surface area contributed by atoms with Crippen LogP contribution in [0.1, 0.15) is 27.0 Å². The fourth-order valence-electron chi connectivity index (χ4n) is 1.82. The number of carbonyl (C=O) groups is 1. The maximum atomic E-state index is 12.2. The molecule has 2 aromatic carbocycles. The molecule has 2 rings (SSSR count). The third-order valence-corrected chi connectivity index (χ3v) is 4.45. The van der Waals surface area contributed by atoms with Crippen molar-refractivity contribution in [3.05, 3.63) is 62.2 Å². The van der Waals surface area contributed by atoms with Crippen LogP contribution in [0, 0.1) is 24.3 Å². The molecule has 0 saturated heterocycles. The Kier molecular flexibility index (Phi) is 4.24. The van der Waals surface area contributed by atoms with Gasteiger partial charge in [-0.05, 0) is 78.3 Å². The van der Waals surface area contributed by atoms with Crippen molar-refractivity contribution in [1.29, 1.82) is 0 Å². The van der Waals surface area contributed by atoms with E-state index in [0.29, 0.717) is 5.56 Å². The van der Waals surface area contributed by atoms with Gasteiger partial charge in [0.25, 0.3) is 5.91 Å². The molecule has 3 heteroatoms. The molecule has 0 heterocycles. The zero-order valence-electron chi connectivity index (χ0n) is 11.3. The predicted molar refractivity (Wildman–Crippen MR) is 87.8 cm³/mol. The second-order valence-corrected chi connectivity index (χ2v) is 5.83. The highest BCUT2D eigenvalue weighted by molar-refractivity contribution is 14.1. The maximum absolute atomic E-state index is 12.2. The molecule has 0 saturated carbocycles. The summed E-state index contributed by atoms with van der Waals surface area (Å²) < 4.78 is 1.10. The molecule has 98 valence electrons. The number of aryl methyl sites for hydroxylation is 2. The number of hydrogen-bond acceptors (Lipinski definition) is 1. The number of benzene rings is 2. The molecule has 1 amide bonds. The van der Waals surface area contributed by atoms with E-state index in [4.69, 9.17) is 0 Å². The van der Waals surface area contributed by atoms with E-state index in [1.807, 2.05) is 57.2 Å². The summed E-state index contributed by atoms with van der Waals surface area (Å²) in [6.07, 6.45) is 0. The van der Waals surface area contributed by atoms with Gasteiger partial charge in [-0.2, -0.15) is 0 Å². The molecular weight excluding hydrogens is 349 g/mol. The Labute approximate surface area is 127 Å². The van der Waals surface area contributed by atoms with Crippen LogP contribution in [0.25, 0.3) is 0 Å². The first kappa shape index (κ1) is 14.1. The van der Waals surface area contributed by atoms with Gasteiger partial charge in [0.15, 0.2) is 0 Å². The molecule has 0 spiro atoms. The SMILES string of the molecule is Cc1ccc(C(=O)Nc2cccc(C)c2C)cc1I. The van der Waals surface area contributed by atoms with Gasteiger partial charge < -0.3 is 5.32 Å². The highest BCUT2D eigenvalue weighted by Crippen LogP contribution is 2.20. The molecule has 0 radical (unpaired) electrons. The van der Waals surface area contributed by atoms with Crippen LogP contribution in [-0.2, 0) is 0 Å². The van der Waals surface area contributed by atoms with Gasteiger partial charge in [-0.15, -0.1) is 0 Å². The summed E-state index contributed by atoms with van der Waals surface area (Å²) in [6, 6.07) is 11.7. The smallest absolute Gasteiger partial charge is 0.255 e. The van der Waals surface area contributed by atoms with Gasteiger partial charge in [-0.3, -0.25) is 4.79 Å². The average molecular weight is 365 g/mol. The van der Waals surface area contributed by atoms with E-state index in [-0.39, 0.29) is 5.91 Å². The lowest BCUT2D eigenvalue weighted by Gasteiger charge is -2.11. The minimum Gasteiger partial charge on any atom is -0.322 e. The van der Waals surface area contributed by atoms with E-state index in [1.165, 1.54) is 11.1 Å². The number of carbonyl (C=O) groups excluding carboxylic acids is 1. The van der Waals surface area contributed by atoms with Gasteiger partial charge in [0, 0.05) is 14.8 Å². The van der Waals surface area contributed by atoms with Gasteiger partial charge in [0.2, 0.25) is 0 Å². The number of rotatable bonds is 2. The van der Waals surface area contributed by atoms with Crippen molar-refractivity contribution < 1.29 is 4.79 Å². The molecule has 0 atom stereocenters.